The van der Waals surface area contributed by atoms with Crippen LogP contribution in [-0.4, -0.2) is 31.1 Å². The Morgan fingerprint density at radius 3 is 2.29 bits per heavy atom. The third kappa shape index (κ3) is 5.25. The lowest BCUT2D eigenvalue weighted by molar-refractivity contribution is 0.287. The minimum atomic E-state index is -4.05. The zero-order valence-corrected chi connectivity index (χ0v) is 17.0. The summed E-state index contributed by atoms with van der Waals surface area (Å²) in [5, 5.41) is 10.5. The fourth-order valence-electron chi connectivity index (χ4n) is 2.60. The van der Waals surface area contributed by atoms with Gasteiger partial charge in [0.25, 0.3) is 0 Å². The van der Waals surface area contributed by atoms with E-state index in [1.165, 1.54) is 7.11 Å². The molecule has 5 N–H and O–H groups in total. The topological polar surface area (TPSA) is 127 Å². The molecule has 8 nitrogen and oxygen atoms in total. The van der Waals surface area contributed by atoms with Crippen molar-refractivity contribution in [1.29, 1.82) is 5.41 Å². The lowest BCUT2D eigenvalue weighted by Crippen LogP contribution is -2.14. The second-order valence-electron chi connectivity index (χ2n) is 5.86. The molecular weight excluding hydrogens is 381 g/mol. The molecule has 0 aliphatic rings. The van der Waals surface area contributed by atoms with E-state index in [0.717, 1.165) is 0 Å². The molecule has 9 heteroatoms. The number of nitrogen functional groups attached to an aromatic ring is 1. The SMILES string of the molecule is CCOc1ccc(C(Nc2ccc(C(=N)N)cc2)P(=O)(O)OC)cc1OCC. The number of nitrogens with two attached hydrogens (primary N) is 1. The Hall–Kier alpha value is -2.54. The lowest BCUT2D eigenvalue weighted by Gasteiger charge is -2.25. The summed E-state index contributed by atoms with van der Waals surface area (Å²) >= 11 is 0. The van der Waals surface area contributed by atoms with E-state index in [9.17, 15) is 9.46 Å². The van der Waals surface area contributed by atoms with Crippen molar-refractivity contribution >= 4 is 19.1 Å². The molecule has 2 aromatic carbocycles. The molecule has 0 fully saturated rings. The van der Waals surface area contributed by atoms with Crippen LogP contribution < -0.4 is 20.5 Å². The number of rotatable bonds is 10. The second kappa shape index (κ2) is 9.59. The van der Waals surface area contributed by atoms with Crippen molar-refractivity contribution in [2.75, 3.05) is 25.6 Å². The molecule has 2 atom stereocenters. The molecule has 2 rings (SSSR count). The second-order valence-corrected chi connectivity index (χ2v) is 7.87. The standard InChI is InChI=1S/C19H26N3O5P/c1-4-26-16-11-8-14(12-17(16)27-5-2)19(28(23,24)25-3)22-15-9-6-13(7-10-15)18(20)21/h6-12,19,22H,4-5H2,1-3H3,(H3,20,21)(H,23,24). The minimum absolute atomic E-state index is 0.0549. The summed E-state index contributed by atoms with van der Waals surface area (Å²) in [7, 11) is -2.86. The van der Waals surface area contributed by atoms with Gasteiger partial charge in [-0.15, -0.1) is 0 Å². The van der Waals surface area contributed by atoms with Gasteiger partial charge in [0.05, 0.1) is 13.2 Å². The molecule has 0 aliphatic heterocycles. The van der Waals surface area contributed by atoms with Crippen LogP contribution in [0.5, 0.6) is 11.5 Å². The van der Waals surface area contributed by atoms with Gasteiger partial charge in [-0.05, 0) is 55.8 Å². The van der Waals surface area contributed by atoms with Gasteiger partial charge in [-0.2, -0.15) is 0 Å². The largest absolute Gasteiger partial charge is 0.490 e. The third-order valence-corrected chi connectivity index (χ3v) is 5.57. The van der Waals surface area contributed by atoms with Gasteiger partial charge in [0.2, 0.25) is 0 Å². The number of nitrogens with one attached hydrogen (secondary N) is 2. The van der Waals surface area contributed by atoms with Crippen LogP contribution in [0.25, 0.3) is 0 Å². The summed E-state index contributed by atoms with van der Waals surface area (Å²) in [5.41, 5.74) is 7.11. The van der Waals surface area contributed by atoms with Crippen LogP contribution >= 0.6 is 7.60 Å². The Balaban J connectivity index is 2.42. The van der Waals surface area contributed by atoms with E-state index in [0.29, 0.717) is 41.5 Å². The highest BCUT2D eigenvalue weighted by Gasteiger charge is 2.33. The van der Waals surface area contributed by atoms with E-state index in [2.05, 4.69) is 5.32 Å². The fraction of sp³-hybridized carbons (Fsp3) is 0.316. The molecule has 152 valence electrons. The van der Waals surface area contributed by atoms with Gasteiger partial charge in [-0.25, -0.2) is 0 Å². The van der Waals surface area contributed by atoms with Crippen LogP contribution in [0.4, 0.5) is 5.69 Å². The molecule has 2 unspecified atom stereocenters. The Morgan fingerprint density at radius 1 is 1.14 bits per heavy atom. The molecule has 0 bridgehead atoms. The number of anilines is 1. The molecule has 0 aromatic heterocycles. The maximum absolute atomic E-state index is 12.7. The van der Waals surface area contributed by atoms with E-state index in [4.69, 9.17) is 25.1 Å². The van der Waals surface area contributed by atoms with Crippen molar-refractivity contribution in [3.63, 3.8) is 0 Å². The van der Waals surface area contributed by atoms with Gasteiger partial charge >= 0.3 is 7.60 Å². The predicted molar refractivity (Wildman–Crippen MR) is 109 cm³/mol. The first kappa shape index (κ1) is 21.8. The van der Waals surface area contributed by atoms with E-state index in [1.54, 1.807) is 42.5 Å². The molecule has 0 heterocycles. The molecule has 28 heavy (non-hydrogen) atoms. The van der Waals surface area contributed by atoms with Crippen LogP contribution in [0.3, 0.4) is 0 Å². The van der Waals surface area contributed by atoms with Gasteiger partial charge < -0.3 is 29.9 Å². The van der Waals surface area contributed by atoms with Crippen molar-refractivity contribution in [2.24, 2.45) is 5.73 Å². The fourth-order valence-corrected chi connectivity index (χ4v) is 3.66. The first-order chi connectivity index (χ1) is 13.3. The molecule has 2 aromatic rings. The van der Waals surface area contributed by atoms with Crippen LogP contribution in [-0.2, 0) is 9.09 Å². The van der Waals surface area contributed by atoms with Crippen LogP contribution in [0.1, 0.15) is 30.8 Å². The number of hydrogen-bond donors (Lipinski definition) is 4. The van der Waals surface area contributed by atoms with Crippen LogP contribution in [0.2, 0.25) is 0 Å². The van der Waals surface area contributed by atoms with E-state index >= 15 is 0 Å². The molecule has 0 amide bonds. The highest BCUT2D eigenvalue weighted by atomic mass is 31.2. The normalized spacial score (nSPS) is 14.0. The highest BCUT2D eigenvalue weighted by Crippen LogP contribution is 2.56. The molecule has 0 radical (unpaired) electrons. The van der Waals surface area contributed by atoms with E-state index in [1.807, 2.05) is 13.8 Å². The first-order valence-electron chi connectivity index (χ1n) is 8.81. The van der Waals surface area contributed by atoms with Gasteiger partial charge in [0, 0.05) is 18.4 Å². The van der Waals surface area contributed by atoms with Gasteiger partial charge in [-0.1, -0.05) is 6.07 Å². The Morgan fingerprint density at radius 2 is 1.75 bits per heavy atom. The highest BCUT2D eigenvalue weighted by molar-refractivity contribution is 7.53. The third-order valence-electron chi connectivity index (χ3n) is 3.97. The summed E-state index contributed by atoms with van der Waals surface area (Å²) in [6.07, 6.45) is 0. The number of hydrogen-bond acceptors (Lipinski definition) is 6. The van der Waals surface area contributed by atoms with Gasteiger partial charge in [0.15, 0.2) is 17.3 Å². The zero-order chi connectivity index (χ0) is 20.7. The average molecular weight is 407 g/mol. The Bertz CT molecular complexity index is 857. The molecule has 0 spiro atoms. The summed E-state index contributed by atoms with van der Waals surface area (Å²) < 4.78 is 28.7. The van der Waals surface area contributed by atoms with Crippen molar-refractivity contribution in [3.8, 4) is 11.5 Å². The zero-order valence-electron chi connectivity index (χ0n) is 16.1. The summed E-state index contributed by atoms with van der Waals surface area (Å²) in [6, 6.07) is 11.7. The maximum Gasteiger partial charge on any atom is 0.354 e. The maximum atomic E-state index is 12.7. The number of amidine groups is 1. The average Bonchev–Trinajstić information content (AvgIpc) is 2.68. The minimum Gasteiger partial charge on any atom is -0.490 e. The smallest absolute Gasteiger partial charge is 0.354 e. The van der Waals surface area contributed by atoms with E-state index in [-0.39, 0.29) is 5.84 Å². The Kier molecular flexibility index (Phi) is 7.45. The number of ether oxygens (including phenoxy) is 2. The summed E-state index contributed by atoms with van der Waals surface area (Å²) in [4.78, 5) is 10.4. The number of benzene rings is 2. The van der Waals surface area contributed by atoms with Crippen molar-refractivity contribution in [3.05, 3.63) is 53.6 Å². The molecule has 0 saturated carbocycles. The molecule has 0 saturated heterocycles. The van der Waals surface area contributed by atoms with E-state index < -0.39 is 13.4 Å². The summed E-state index contributed by atoms with van der Waals surface area (Å²) in [5.74, 6) is -0.0456. The van der Waals surface area contributed by atoms with Crippen LogP contribution in [0, 0.1) is 5.41 Å². The predicted octanol–water partition coefficient (Wildman–Crippen LogP) is 3.71. The first-order valence-corrected chi connectivity index (χ1v) is 10.5. The quantitative estimate of drug-likeness (QED) is 0.269. The van der Waals surface area contributed by atoms with Gasteiger partial charge in [-0.3, -0.25) is 9.97 Å². The Labute approximate surface area is 164 Å². The van der Waals surface area contributed by atoms with Crippen molar-refractivity contribution in [2.45, 2.75) is 19.6 Å². The molecule has 0 aliphatic carbocycles. The molecular formula is C19H26N3O5P. The lowest BCUT2D eigenvalue weighted by atomic mass is 10.1. The van der Waals surface area contributed by atoms with Crippen molar-refractivity contribution in [1.82, 2.24) is 0 Å². The monoisotopic (exact) mass is 407 g/mol. The van der Waals surface area contributed by atoms with Gasteiger partial charge in [0.1, 0.15) is 5.84 Å². The van der Waals surface area contributed by atoms with Crippen molar-refractivity contribution < 1.29 is 23.5 Å². The van der Waals surface area contributed by atoms with Crippen LogP contribution in [0.15, 0.2) is 42.5 Å². The summed E-state index contributed by atoms with van der Waals surface area (Å²) in [6.45, 7) is 4.61.